The third-order valence-electron chi connectivity index (χ3n) is 4.38. The minimum atomic E-state index is -0.182. The van der Waals surface area contributed by atoms with Crippen LogP contribution in [0.15, 0.2) is 12.3 Å². The number of anilines is 1. The molecule has 0 amide bonds. The van der Waals surface area contributed by atoms with Gasteiger partial charge in [-0.25, -0.2) is 9.97 Å². The van der Waals surface area contributed by atoms with E-state index in [1.807, 2.05) is 12.1 Å². The van der Waals surface area contributed by atoms with Gasteiger partial charge in [-0.15, -0.1) is 0 Å². The first-order valence-corrected chi connectivity index (χ1v) is 6.97. The zero-order valence-electron chi connectivity index (χ0n) is 10.9. The molecule has 2 fully saturated rings. The average Bonchev–Trinajstić information content (AvgIpc) is 2.48. The van der Waals surface area contributed by atoms with E-state index in [-0.39, 0.29) is 11.9 Å². The number of fused-ring (bicyclic) bond motifs is 1. The fraction of sp³-hybridized carbons (Fsp3) is 0.643. The van der Waals surface area contributed by atoms with Gasteiger partial charge < -0.3 is 10.0 Å². The van der Waals surface area contributed by atoms with Crippen LogP contribution < -0.4 is 4.90 Å². The maximum atomic E-state index is 10.2. The van der Waals surface area contributed by atoms with Gasteiger partial charge >= 0.3 is 0 Å². The minimum absolute atomic E-state index is 0.182. The van der Waals surface area contributed by atoms with E-state index in [0.29, 0.717) is 12.0 Å². The maximum absolute atomic E-state index is 10.2. The van der Waals surface area contributed by atoms with Crippen molar-refractivity contribution in [2.24, 2.45) is 5.92 Å². The van der Waals surface area contributed by atoms with Crippen molar-refractivity contribution in [3.8, 4) is 6.07 Å². The van der Waals surface area contributed by atoms with E-state index in [4.69, 9.17) is 5.26 Å². The molecular formula is C14H18N4O. The molecule has 1 N–H and O–H groups in total. The topological polar surface area (TPSA) is 73.0 Å². The molecule has 1 aromatic rings. The predicted molar refractivity (Wildman–Crippen MR) is 70.5 cm³/mol. The van der Waals surface area contributed by atoms with Crippen LogP contribution in [0.5, 0.6) is 0 Å². The summed E-state index contributed by atoms with van der Waals surface area (Å²) in [6, 6.07) is 4.21. The molecule has 3 atom stereocenters. The molecular weight excluding hydrogens is 240 g/mol. The molecule has 0 spiro atoms. The summed E-state index contributed by atoms with van der Waals surface area (Å²) in [5.41, 5.74) is 0. The van der Waals surface area contributed by atoms with Crippen molar-refractivity contribution >= 4 is 5.82 Å². The molecule has 2 heterocycles. The predicted octanol–water partition coefficient (Wildman–Crippen LogP) is 1.48. The molecule has 0 aromatic carbocycles. The highest BCUT2D eigenvalue weighted by atomic mass is 16.3. The van der Waals surface area contributed by atoms with Crippen LogP contribution >= 0.6 is 0 Å². The third-order valence-corrected chi connectivity index (χ3v) is 4.38. The first-order chi connectivity index (χ1) is 9.29. The summed E-state index contributed by atoms with van der Waals surface area (Å²) < 4.78 is 0. The molecule has 3 rings (SSSR count). The fourth-order valence-corrected chi connectivity index (χ4v) is 3.47. The van der Waals surface area contributed by atoms with Gasteiger partial charge in [0.05, 0.1) is 6.10 Å². The van der Waals surface area contributed by atoms with Gasteiger partial charge in [-0.3, -0.25) is 0 Å². The van der Waals surface area contributed by atoms with Gasteiger partial charge in [0.1, 0.15) is 11.9 Å². The number of hydrogen-bond acceptors (Lipinski definition) is 5. The Balaban J connectivity index is 1.88. The van der Waals surface area contributed by atoms with Crippen molar-refractivity contribution in [1.29, 1.82) is 5.26 Å². The number of aliphatic hydroxyl groups is 1. The lowest BCUT2D eigenvalue weighted by molar-refractivity contribution is 0.0446. The molecule has 5 nitrogen and oxygen atoms in total. The molecule has 19 heavy (non-hydrogen) atoms. The zero-order chi connectivity index (χ0) is 13.2. The van der Waals surface area contributed by atoms with Crippen LogP contribution in [0.4, 0.5) is 5.82 Å². The Morgan fingerprint density at radius 1 is 1.32 bits per heavy atom. The SMILES string of the molecule is N#Cc1nccc(N2CCC(O)C3CCCCC32)n1. The quantitative estimate of drug-likeness (QED) is 0.826. The van der Waals surface area contributed by atoms with Crippen LogP contribution in [0, 0.1) is 17.2 Å². The van der Waals surface area contributed by atoms with E-state index in [9.17, 15) is 5.11 Å². The van der Waals surface area contributed by atoms with Gasteiger partial charge in [0, 0.05) is 24.7 Å². The molecule has 0 radical (unpaired) electrons. The monoisotopic (exact) mass is 258 g/mol. The summed E-state index contributed by atoms with van der Waals surface area (Å²) in [7, 11) is 0. The molecule has 100 valence electrons. The Kier molecular flexibility index (Phi) is 3.34. The van der Waals surface area contributed by atoms with Crippen LogP contribution in [0.3, 0.4) is 0 Å². The number of rotatable bonds is 1. The van der Waals surface area contributed by atoms with Crippen molar-refractivity contribution in [2.75, 3.05) is 11.4 Å². The number of nitriles is 1. The minimum Gasteiger partial charge on any atom is -0.393 e. The smallest absolute Gasteiger partial charge is 0.234 e. The number of nitrogens with zero attached hydrogens (tertiary/aromatic N) is 4. The van der Waals surface area contributed by atoms with Crippen LogP contribution in [0.2, 0.25) is 0 Å². The van der Waals surface area contributed by atoms with Gasteiger partial charge in [0.2, 0.25) is 5.82 Å². The maximum Gasteiger partial charge on any atom is 0.234 e. The normalized spacial score (nSPS) is 30.5. The van der Waals surface area contributed by atoms with E-state index in [2.05, 4.69) is 14.9 Å². The number of hydrogen-bond donors (Lipinski definition) is 1. The standard InChI is InChI=1S/C14H18N4O/c15-9-13-16-7-5-14(17-13)18-8-6-12(19)10-3-1-2-4-11(10)18/h5,7,10-12,19H,1-4,6,8H2. The lowest BCUT2D eigenvalue weighted by Crippen LogP contribution is -2.53. The van der Waals surface area contributed by atoms with Gasteiger partial charge in [-0.2, -0.15) is 5.26 Å². The van der Waals surface area contributed by atoms with Crippen molar-refractivity contribution in [3.05, 3.63) is 18.1 Å². The lowest BCUT2D eigenvalue weighted by atomic mass is 9.76. The molecule has 3 unspecified atom stereocenters. The molecule has 0 bridgehead atoms. The van der Waals surface area contributed by atoms with Crippen molar-refractivity contribution in [3.63, 3.8) is 0 Å². The van der Waals surface area contributed by atoms with Gasteiger partial charge in [-0.05, 0) is 25.3 Å². The molecule has 1 aliphatic carbocycles. The van der Waals surface area contributed by atoms with E-state index in [1.54, 1.807) is 6.20 Å². The molecule has 1 saturated carbocycles. The van der Waals surface area contributed by atoms with E-state index in [0.717, 1.165) is 31.6 Å². The van der Waals surface area contributed by atoms with Gasteiger partial charge in [0.15, 0.2) is 0 Å². The lowest BCUT2D eigenvalue weighted by Gasteiger charge is -2.47. The Morgan fingerprint density at radius 2 is 2.16 bits per heavy atom. The second-order valence-electron chi connectivity index (χ2n) is 5.42. The zero-order valence-corrected chi connectivity index (χ0v) is 10.9. The molecule has 1 saturated heterocycles. The van der Waals surface area contributed by atoms with Crippen molar-refractivity contribution < 1.29 is 5.11 Å². The molecule has 5 heteroatoms. The summed E-state index contributed by atoms with van der Waals surface area (Å²) >= 11 is 0. The molecule has 1 aliphatic heterocycles. The van der Waals surface area contributed by atoms with Crippen molar-refractivity contribution in [1.82, 2.24) is 9.97 Å². The van der Waals surface area contributed by atoms with Gasteiger partial charge in [0.25, 0.3) is 0 Å². The van der Waals surface area contributed by atoms with Crippen LogP contribution in [-0.4, -0.2) is 33.8 Å². The molecule has 1 aromatic heterocycles. The highest BCUT2D eigenvalue weighted by Crippen LogP contribution is 2.37. The van der Waals surface area contributed by atoms with Gasteiger partial charge in [-0.1, -0.05) is 12.8 Å². The van der Waals surface area contributed by atoms with Crippen LogP contribution in [0.1, 0.15) is 37.9 Å². The fourth-order valence-electron chi connectivity index (χ4n) is 3.47. The number of aliphatic hydroxyl groups excluding tert-OH is 1. The van der Waals surface area contributed by atoms with E-state index >= 15 is 0 Å². The van der Waals surface area contributed by atoms with E-state index in [1.165, 1.54) is 12.8 Å². The molecule has 2 aliphatic rings. The number of aromatic nitrogens is 2. The largest absolute Gasteiger partial charge is 0.393 e. The van der Waals surface area contributed by atoms with Crippen LogP contribution in [-0.2, 0) is 0 Å². The highest BCUT2D eigenvalue weighted by molar-refractivity contribution is 5.41. The Bertz CT molecular complexity index is 498. The highest BCUT2D eigenvalue weighted by Gasteiger charge is 2.39. The van der Waals surface area contributed by atoms with Crippen molar-refractivity contribution in [2.45, 2.75) is 44.2 Å². The Morgan fingerprint density at radius 3 is 3.00 bits per heavy atom. The summed E-state index contributed by atoms with van der Waals surface area (Å²) in [6.07, 6.45) is 6.86. The average molecular weight is 258 g/mol. The van der Waals surface area contributed by atoms with E-state index < -0.39 is 0 Å². The second kappa shape index (κ2) is 5.14. The summed E-state index contributed by atoms with van der Waals surface area (Å²) in [6.45, 7) is 0.810. The third kappa shape index (κ3) is 2.28. The summed E-state index contributed by atoms with van der Waals surface area (Å²) in [5.74, 6) is 1.40. The Labute approximate surface area is 112 Å². The van der Waals surface area contributed by atoms with Crippen LogP contribution in [0.25, 0.3) is 0 Å². The first kappa shape index (κ1) is 12.4. The summed E-state index contributed by atoms with van der Waals surface area (Å²) in [5, 5.41) is 19.1. The number of piperidine rings is 1. The summed E-state index contributed by atoms with van der Waals surface area (Å²) in [4.78, 5) is 10.5. The Hall–Kier alpha value is -1.67. The second-order valence-corrected chi connectivity index (χ2v) is 5.42. The first-order valence-electron chi connectivity index (χ1n) is 6.97.